The molecule has 0 rings (SSSR count). The molecular formula is C12H25N3O2. The largest absolute Gasteiger partial charge is 0.345 e. The van der Waals surface area contributed by atoms with Crippen LogP contribution in [-0.2, 0) is 9.59 Å². The van der Waals surface area contributed by atoms with E-state index in [0.29, 0.717) is 25.4 Å². The first-order valence-electron chi connectivity index (χ1n) is 6.16. The molecule has 0 aliphatic carbocycles. The Balaban J connectivity index is 3.99. The van der Waals surface area contributed by atoms with E-state index in [1.807, 2.05) is 13.8 Å². The summed E-state index contributed by atoms with van der Waals surface area (Å²) in [5, 5.41) is 2.70. The van der Waals surface area contributed by atoms with Gasteiger partial charge in [-0.1, -0.05) is 6.92 Å². The highest BCUT2D eigenvalue weighted by atomic mass is 16.2. The lowest BCUT2D eigenvalue weighted by atomic mass is 10.1. The van der Waals surface area contributed by atoms with E-state index < -0.39 is 6.04 Å². The van der Waals surface area contributed by atoms with Gasteiger partial charge < -0.3 is 16.0 Å². The second-order valence-electron chi connectivity index (χ2n) is 4.52. The molecule has 0 aromatic heterocycles. The van der Waals surface area contributed by atoms with Crippen molar-refractivity contribution < 1.29 is 9.59 Å². The van der Waals surface area contributed by atoms with Crippen LogP contribution < -0.4 is 11.1 Å². The lowest BCUT2D eigenvalue weighted by Crippen LogP contribution is -2.45. The van der Waals surface area contributed by atoms with Gasteiger partial charge in [-0.2, -0.15) is 0 Å². The summed E-state index contributed by atoms with van der Waals surface area (Å²) in [6.45, 7) is 6.84. The summed E-state index contributed by atoms with van der Waals surface area (Å²) in [5.41, 5.74) is 5.47. The van der Waals surface area contributed by atoms with E-state index in [1.165, 1.54) is 0 Å². The molecular weight excluding hydrogens is 218 g/mol. The number of likely N-dealkylation sites (N-methyl/N-ethyl adjacent to an activating group) is 1. The van der Waals surface area contributed by atoms with Gasteiger partial charge in [-0.05, 0) is 32.7 Å². The van der Waals surface area contributed by atoms with E-state index in [9.17, 15) is 9.59 Å². The first kappa shape index (κ1) is 15.9. The second kappa shape index (κ2) is 8.06. The highest BCUT2D eigenvalue weighted by Crippen LogP contribution is 2.03. The highest BCUT2D eigenvalue weighted by Gasteiger charge is 2.18. The third kappa shape index (κ3) is 6.26. The molecule has 0 radical (unpaired) electrons. The van der Waals surface area contributed by atoms with Crippen molar-refractivity contribution in [3.8, 4) is 0 Å². The predicted octanol–water partition coefficient (Wildman–Crippen LogP) is 0.344. The molecule has 0 fully saturated rings. The Bertz CT molecular complexity index is 256. The molecule has 5 nitrogen and oxygen atoms in total. The number of nitrogens with zero attached hydrogens (tertiary/aromatic N) is 1. The number of rotatable bonds is 7. The maximum atomic E-state index is 11.7. The predicted molar refractivity (Wildman–Crippen MR) is 68.4 cm³/mol. The number of carbonyl (C=O) groups excluding carboxylic acids is 2. The monoisotopic (exact) mass is 243 g/mol. The Morgan fingerprint density at radius 2 is 1.94 bits per heavy atom. The Kier molecular flexibility index (Phi) is 7.54. The van der Waals surface area contributed by atoms with Crippen molar-refractivity contribution >= 4 is 11.8 Å². The average molecular weight is 243 g/mol. The fraction of sp³-hybridized carbons (Fsp3) is 0.833. The molecule has 0 spiro atoms. The molecule has 0 aromatic rings. The van der Waals surface area contributed by atoms with Crippen molar-refractivity contribution in [3.05, 3.63) is 0 Å². The van der Waals surface area contributed by atoms with Crippen LogP contribution in [0.15, 0.2) is 0 Å². The fourth-order valence-corrected chi connectivity index (χ4v) is 1.36. The van der Waals surface area contributed by atoms with Gasteiger partial charge in [0.15, 0.2) is 0 Å². The van der Waals surface area contributed by atoms with Gasteiger partial charge in [0.25, 0.3) is 0 Å². The van der Waals surface area contributed by atoms with Crippen LogP contribution in [0, 0.1) is 5.92 Å². The molecule has 0 bridgehead atoms. The van der Waals surface area contributed by atoms with Gasteiger partial charge in [-0.3, -0.25) is 9.59 Å². The number of hydrogen-bond acceptors (Lipinski definition) is 3. The molecule has 17 heavy (non-hydrogen) atoms. The Labute approximate surface area is 104 Å². The average Bonchev–Trinajstić information content (AvgIpc) is 2.33. The SMILES string of the molecule is CCN(C)C(=O)C(C)NC(=O)CCC(C)CN. The Morgan fingerprint density at radius 3 is 2.41 bits per heavy atom. The van der Waals surface area contributed by atoms with Crippen LogP contribution in [0.25, 0.3) is 0 Å². The minimum Gasteiger partial charge on any atom is -0.345 e. The van der Waals surface area contributed by atoms with Crippen molar-refractivity contribution in [2.24, 2.45) is 11.7 Å². The van der Waals surface area contributed by atoms with Crippen molar-refractivity contribution in [1.82, 2.24) is 10.2 Å². The van der Waals surface area contributed by atoms with Crippen LogP contribution in [-0.4, -0.2) is 42.9 Å². The van der Waals surface area contributed by atoms with Gasteiger partial charge in [-0.25, -0.2) is 0 Å². The van der Waals surface area contributed by atoms with Crippen LogP contribution in [0.2, 0.25) is 0 Å². The minimum absolute atomic E-state index is 0.0623. The highest BCUT2D eigenvalue weighted by molar-refractivity contribution is 5.87. The lowest BCUT2D eigenvalue weighted by Gasteiger charge is -2.20. The zero-order valence-electron chi connectivity index (χ0n) is 11.3. The topological polar surface area (TPSA) is 75.4 Å². The summed E-state index contributed by atoms with van der Waals surface area (Å²) in [6.07, 6.45) is 1.18. The van der Waals surface area contributed by atoms with E-state index in [2.05, 4.69) is 5.32 Å². The smallest absolute Gasteiger partial charge is 0.244 e. The normalized spacial score (nSPS) is 13.9. The molecule has 5 heteroatoms. The summed E-state index contributed by atoms with van der Waals surface area (Å²) in [5.74, 6) is 0.188. The zero-order valence-corrected chi connectivity index (χ0v) is 11.3. The standard InChI is InChI=1S/C12H25N3O2/c1-5-15(4)12(17)10(3)14-11(16)7-6-9(2)8-13/h9-10H,5-8,13H2,1-4H3,(H,14,16). The summed E-state index contributed by atoms with van der Waals surface area (Å²) in [4.78, 5) is 24.9. The first-order valence-corrected chi connectivity index (χ1v) is 6.16. The van der Waals surface area contributed by atoms with Crippen molar-refractivity contribution in [2.75, 3.05) is 20.1 Å². The van der Waals surface area contributed by atoms with Crippen molar-refractivity contribution in [1.29, 1.82) is 0 Å². The molecule has 0 saturated carbocycles. The van der Waals surface area contributed by atoms with Gasteiger partial charge >= 0.3 is 0 Å². The van der Waals surface area contributed by atoms with Crippen LogP contribution in [0.5, 0.6) is 0 Å². The van der Waals surface area contributed by atoms with E-state index >= 15 is 0 Å². The Hall–Kier alpha value is -1.10. The molecule has 100 valence electrons. The maximum absolute atomic E-state index is 11.7. The molecule has 0 aromatic carbocycles. The van der Waals surface area contributed by atoms with Crippen LogP contribution in [0.1, 0.15) is 33.6 Å². The first-order chi connectivity index (χ1) is 7.92. The molecule has 0 aliphatic heterocycles. The van der Waals surface area contributed by atoms with Gasteiger partial charge in [0, 0.05) is 20.0 Å². The lowest BCUT2D eigenvalue weighted by molar-refractivity contribution is -0.134. The van der Waals surface area contributed by atoms with Crippen LogP contribution in [0.4, 0.5) is 0 Å². The minimum atomic E-state index is -0.458. The zero-order chi connectivity index (χ0) is 13.4. The van der Waals surface area contributed by atoms with Gasteiger partial charge in [0.05, 0.1) is 0 Å². The van der Waals surface area contributed by atoms with Gasteiger partial charge in [0.2, 0.25) is 11.8 Å². The maximum Gasteiger partial charge on any atom is 0.244 e. The summed E-state index contributed by atoms with van der Waals surface area (Å²) in [7, 11) is 1.72. The molecule has 2 amide bonds. The van der Waals surface area contributed by atoms with Crippen LogP contribution >= 0.6 is 0 Å². The molecule has 0 aliphatic rings. The third-order valence-corrected chi connectivity index (χ3v) is 2.87. The number of nitrogens with two attached hydrogens (primary N) is 1. The summed E-state index contributed by atoms with van der Waals surface area (Å²) < 4.78 is 0. The van der Waals surface area contributed by atoms with Crippen molar-refractivity contribution in [3.63, 3.8) is 0 Å². The van der Waals surface area contributed by atoms with E-state index in [-0.39, 0.29) is 11.8 Å². The number of carbonyl (C=O) groups is 2. The molecule has 0 saturated heterocycles. The third-order valence-electron chi connectivity index (χ3n) is 2.87. The Morgan fingerprint density at radius 1 is 1.35 bits per heavy atom. The quantitative estimate of drug-likeness (QED) is 0.677. The molecule has 3 N–H and O–H groups in total. The number of nitrogens with one attached hydrogen (secondary N) is 1. The number of hydrogen-bond donors (Lipinski definition) is 2. The molecule has 2 unspecified atom stereocenters. The fourth-order valence-electron chi connectivity index (χ4n) is 1.36. The van der Waals surface area contributed by atoms with Gasteiger partial charge in [-0.15, -0.1) is 0 Å². The number of amides is 2. The van der Waals surface area contributed by atoms with E-state index in [1.54, 1.807) is 18.9 Å². The van der Waals surface area contributed by atoms with Crippen LogP contribution in [0.3, 0.4) is 0 Å². The summed E-state index contributed by atoms with van der Waals surface area (Å²) >= 11 is 0. The molecule has 0 heterocycles. The second-order valence-corrected chi connectivity index (χ2v) is 4.52. The van der Waals surface area contributed by atoms with E-state index in [0.717, 1.165) is 6.42 Å². The van der Waals surface area contributed by atoms with E-state index in [4.69, 9.17) is 5.73 Å². The van der Waals surface area contributed by atoms with Crippen molar-refractivity contribution in [2.45, 2.75) is 39.7 Å². The molecule has 2 atom stereocenters. The van der Waals surface area contributed by atoms with Gasteiger partial charge in [0.1, 0.15) is 6.04 Å². The summed E-state index contributed by atoms with van der Waals surface area (Å²) in [6, 6.07) is -0.458.